The number of carbonyl (C=O) groups is 2. The summed E-state index contributed by atoms with van der Waals surface area (Å²) in [5.41, 5.74) is 1.94. The molecule has 3 aromatic rings. The number of hydrogen-bond acceptors (Lipinski definition) is 9. The number of urea groups is 1. The van der Waals surface area contributed by atoms with Crippen molar-refractivity contribution < 1.29 is 9.59 Å². The number of nitrogens with one attached hydrogen (secondary N) is 4. The van der Waals surface area contributed by atoms with Gasteiger partial charge in [0, 0.05) is 24.0 Å². The molecule has 0 bridgehead atoms. The van der Waals surface area contributed by atoms with Gasteiger partial charge in [-0.05, 0) is 18.9 Å². The standard InChI is InChI=1S/C17H16N10O2/c28-14-12(23-17(29)25-14)5-9-6-21-27-13(9)24-15(26-16(27)22-10-1-2-10)20-8-11-7-18-3-4-19-11/h3-7,10H,1-2,8H2,(H2,20,22,24,26)(H2,23,25,28,29)/b12-5-. The summed E-state index contributed by atoms with van der Waals surface area (Å²) in [6.45, 7) is 0.399. The first-order valence-electron chi connectivity index (χ1n) is 9.01. The first-order valence-corrected chi connectivity index (χ1v) is 9.01. The minimum absolute atomic E-state index is 0.134. The van der Waals surface area contributed by atoms with Gasteiger partial charge in [0.2, 0.25) is 11.9 Å². The zero-order valence-corrected chi connectivity index (χ0v) is 15.1. The maximum atomic E-state index is 11.8. The van der Waals surface area contributed by atoms with E-state index in [1.165, 1.54) is 6.08 Å². The van der Waals surface area contributed by atoms with Crippen LogP contribution in [0.3, 0.4) is 0 Å². The Labute approximate surface area is 163 Å². The maximum absolute atomic E-state index is 11.8. The number of aromatic nitrogens is 6. The third kappa shape index (κ3) is 3.54. The molecule has 146 valence electrons. The molecule has 0 atom stereocenters. The molecule has 1 saturated heterocycles. The van der Waals surface area contributed by atoms with Gasteiger partial charge in [0.25, 0.3) is 5.91 Å². The summed E-state index contributed by atoms with van der Waals surface area (Å²) in [4.78, 5) is 40.5. The Morgan fingerprint density at radius 3 is 2.79 bits per heavy atom. The zero-order chi connectivity index (χ0) is 19.8. The van der Waals surface area contributed by atoms with Gasteiger partial charge < -0.3 is 16.0 Å². The SMILES string of the molecule is O=C1NC(=O)/C(=C/c2cnn3c(NC4CC4)nc(NCc4cnccn4)nc23)N1. The monoisotopic (exact) mass is 392 g/mol. The average Bonchev–Trinajstić information content (AvgIpc) is 3.36. The molecule has 12 heteroatoms. The van der Waals surface area contributed by atoms with Gasteiger partial charge in [0.15, 0.2) is 5.65 Å². The molecule has 1 saturated carbocycles. The Kier molecular flexibility index (Phi) is 4.00. The van der Waals surface area contributed by atoms with Crippen LogP contribution in [-0.4, -0.2) is 47.5 Å². The first kappa shape index (κ1) is 17.0. The molecule has 1 aliphatic carbocycles. The lowest BCUT2D eigenvalue weighted by atomic mass is 10.2. The number of rotatable bonds is 6. The summed E-state index contributed by atoms with van der Waals surface area (Å²) >= 11 is 0. The van der Waals surface area contributed by atoms with E-state index in [9.17, 15) is 9.59 Å². The summed E-state index contributed by atoms with van der Waals surface area (Å²) in [5, 5.41) is 15.4. The Hall–Kier alpha value is -4.09. The third-order valence-corrected chi connectivity index (χ3v) is 4.37. The molecule has 0 unspecified atom stereocenters. The van der Waals surface area contributed by atoms with Crippen LogP contribution >= 0.6 is 0 Å². The highest BCUT2D eigenvalue weighted by molar-refractivity contribution is 6.14. The number of amides is 3. The summed E-state index contributed by atoms with van der Waals surface area (Å²) in [6, 6.07) is -0.207. The van der Waals surface area contributed by atoms with Crippen molar-refractivity contribution in [3.63, 3.8) is 0 Å². The maximum Gasteiger partial charge on any atom is 0.326 e. The van der Waals surface area contributed by atoms with Crippen LogP contribution < -0.4 is 21.3 Å². The van der Waals surface area contributed by atoms with Gasteiger partial charge in [-0.3, -0.25) is 20.1 Å². The molecule has 1 aliphatic heterocycles. The van der Waals surface area contributed by atoms with Gasteiger partial charge in [-0.1, -0.05) is 0 Å². The van der Waals surface area contributed by atoms with E-state index in [0.29, 0.717) is 35.7 Å². The summed E-state index contributed by atoms with van der Waals surface area (Å²) in [7, 11) is 0. The predicted molar refractivity (Wildman–Crippen MR) is 101 cm³/mol. The second-order valence-corrected chi connectivity index (χ2v) is 6.64. The van der Waals surface area contributed by atoms with Crippen LogP contribution in [0, 0.1) is 0 Å². The van der Waals surface area contributed by atoms with E-state index < -0.39 is 11.9 Å². The summed E-state index contributed by atoms with van der Waals surface area (Å²) < 4.78 is 1.58. The van der Waals surface area contributed by atoms with Crippen LogP contribution in [0.2, 0.25) is 0 Å². The van der Waals surface area contributed by atoms with Crippen molar-refractivity contribution in [2.24, 2.45) is 0 Å². The number of fused-ring (bicyclic) bond motifs is 1. The van der Waals surface area contributed by atoms with Crippen molar-refractivity contribution >= 4 is 35.6 Å². The number of nitrogens with zero attached hydrogens (tertiary/aromatic N) is 6. The number of imide groups is 1. The Morgan fingerprint density at radius 2 is 2.07 bits per heavy atom. The van der Waals surface area contributed by atoms with E-state index in [2.05, 4.69) is 46.3 Å². The number of hydrogen-bond donors (Lipinski definition) is 4. The Balaban J connectivity index is 1.51. The fourth-order valence-corrected chi connectivity index (χ4v) is 2.81. The van der Waals surface area contributed by atoms with E-state index in [-0.39, 0.29) is 5.70 Å². The number of anilines is 2. The lowest BCUT2D eigenvalue weighted by molar-refractivity contribution is -0.115. The van der Waals surface area contributed by atoms with Crippen LogP contribution in [0.5, 0.6) is 0 Å². The van der Waals surface area contributed by atoms with E-state index in [1.807, 2.05) is 0 Å². The van der Waals surface area contributed by atoms with E-state index in [1.54, 1.807) is 29.3 Å². The fraction of sp³-hybridized carbons (Fsp3) is 0.235. The molecule has 2 fully saturated rings. The van der Waals surface area contributed by atoms with Crippen molar-refractivity contribution in [3.8, 4) is 0 Å². The molecule has 4 heterocycles. The fourth-order valence-electron chi connectivity index (χ4n) is 2.81. The quantitative estimate of drug-likeness (QED) is 0.342. The third-order valence-electron chi connectivity index (χ3n) is 4.37. The zero-order valence-electron chi connectivity index (χ0n) is 15.1. The molecule has 29 heavy (non-hydrogen) atoms. The van der Waals surface area contributed by atoms with E-state index in [0.717, 1.165) is 18.5 Å². The predicted octanol–water partition coefficient (Wildman–Crippen LogP) is 0.281. The normalized spacial score (nSPS) is 17.4. The van der Waals surface area contributed by atoms with Gasteiger partial charge in [0.05, 0.1) is 24.6 Å². The Morgan fingerprint density at radius 1 is 1.17 bits per heavy atom. The molecule has 3 amide bonds. The second kappa shape index (κ2) is 6.82. The summed E-state index contributed by atoms with van der Waals surface area (Å²) in [6.07, 6.45) is 10.1. The van der Waals surface area contributed by atoms with Crippen LogP contribution in [-0.2, 0) is 11.3 Å². The lowest BCUT2D eigenvalue weighted by Crippen LogP contribution is -2.22. The Bertz CT molecular complexity index is 1140. The molecule has 4 N–H and O–H groups in total. The number of carbonyl (C=O) groups excluding carboxylic acids is 2. The minimum Gasteiger partial charge on any atom is -0.351 e. The largest absolute Gasteiger partial charge is 0.351 e. The highest BCUT2D eigenvalue weighted by Gasteiger charge is 2.25. The molecule has 0 spiro atoms. The smallest absolute Gasteiger partial charge is 0.326 e. The van der Waals surface area contributed by atoms with Crippen molar-refractivity contribution in [2.75, 3.05) is 10.6 Å². The minimum atomic E-state index is -0.560. The molecular formula is C17H16N10O2. The summed E-state index contributed by atoms with van der Waals surface area (Å²) in [5.74, 6) is 0.427. The molecule has 3 aromatic heterocycles. The van der Waals surface area contributed by atoms with Crippen LogP contribution in [0.4, 0.5) is 16.7 Å². The van der Waals surface area contributed by atoms with Crippen molar-refractivity contribution in [2.45, 2.75) is 25.4 Å². The van der Waals surface area contributed by atoms with Gasteiger partial charge in [0.1, 0.15) is 5.70 Å². The molecule has 0 aromatic carbocycles. The molecule has 2 aliphatic rings. The molecule has 12 nitrogen and oxygen atoms in total. The van der Waals surface area contributed by atoms with Gasteiger partial charge in [-0.2, -0.15) is 19.6 Å². The molecular weight excluding hydrogens is 376 g/mol. The van der Waals surface area contributed by atoms with Gasteiger partial charge >= 0.3 is 6.03 Å². The van der Waals surface area contributed by atoms with E-state index >= 15 is 0 Å². The topological polar surface area (TPSA) is 151 Å². The van der Waals surface area contributed by atoms with Crippen molar-refractivity contribution in [1.82, 2.24) is 40.2 Å². The van der Waals surface area contributed by atoms with Crippen LogP contribution in [0.15, 0.2) is 30.5 Å². The highest BCUT2D eigenvalue weighted by atomic mass is 16.2. The van der Waals surface area contributed by atoms with Crippen molar-refractivity contribution in [1.29, 1.82) is 0 Å². The first-order chi connectivity index (χ1) is 14.2. The van der Waals surface area contributed by atoms with Crippen LogP contribution in [0.1, 0.15) is 24.1 Å². The van der Waals surface area contributed by atoms with E-state index in [4.69, 9.17) is 0 Å². The van der Waals surface area contributed by atoms with Gasteiger partial charge in [-0.15, -0.1) is 0 Å². The van der Waals surface area contributed by atoms with Crippen LogP contribution in [0.25, 0.3) is 11.7 Å². The lowest BCUT2D eigenvalue weighted by Gasteiger charge is -2.10. The van der Waals surface area contributed by atoms with Crippen molar-refractivity contribution in [3.05, 3.63) is 41.7 Å². The highest BCUT2D eigenvalue weighted by Crippen LogP contribution is 2.25. The second-order valence-electron chi connectivity index (χ2n) is 6.64. The van der Waals surface area contributed by atoms with Gasteiger partial charge in [-0.25, -0.2) is 4.79 Å². The molecule has 5 rings (SSSR count). The average molecular weight is 392 g/mol. The molecule has 0 radical (unpaired) electrons.